The van der Waals surface area contributed by atoms with E-state index in [1.54, 1.807) is 0 Å². The topological polar surface area (TPSA) is 47.1 Å². The molecule has 3 rings (SSSR count). The maximum atomic E-state index is 5.79. The lowest BCUT2D eigenvalue weighted by atomic mass is 9.95. The number of hydrogen-bond acceptors (Lipinski definition) is 3. The van der Waals surface area contributed by atoms with Gasteiger partial charge in [-0.1, -0.05) is 12.1 Å². The van der Waals surface area contributed by atoms with Crippen molar-refractivity contribution in [2.24, 2.45) is 5.73 Å². The zero-order valence-corrected chi connectivity index (χ0v) is 13.1. The number of likely N-dealkylation sites (tertiary alicyclic amines) is 1. The molecule has 1 aliphatic rings. The fraction of sp³-hybridized carbons (Fsp3) is 0.588. The van der Waals surface area contributed by atoms with E-state index in [0.29, 0.717) is 12.0 Å². The summed E-state index contributed by atoms with van der Waals surface area (Å²) in [6.45, 7) is 8.45. The van der Waals surface area contributed by atoms with Gasteiger partial charge < -0.3 is 10.3 Å². The lowest BCUT2D eigenvalue weighted by Crippen LogP contribution is -2.43. The highest BCUT2D eigenvalue weighted by Gasteiger charge is 2.26. The predicted molar refractivity (Wildman–Crippen MR) is 87.5 cm³/mol. The minimum atomic E-state index is 0.496. The minimum Gasteiger partial charge on any atom is -0.329 e. The Kier molecular flexibility index (Phi) is 4.27. The molecule has 0 aliphatic carbocycles. The van der Waals surface area contributed by atoms with Gasteiger partial charge in [0.1, 0.15) is 5.82 Å². The fourth-order valence-corrected chi connectivity index (χ4v) is 3.49. The van der Waals surface area contributed by atoms with Gasteiger partial charge in [0, 0.05) is 25.0 Å². The van der Waals surface area contributed by atoms with Crippen LogP contribution in [0.25, 0.3) is 11.0 Å². The Labute approximate surface area is 126 Å². The normalized spacial score (nSPS) is 19.2. The smallest absolute Gasteiger partial charge is 0.113 e. The second-order valence-electron chi connectivity index (χ2n) is 6.10. The Balaban J connectivity index is 1.82. The van der Waals surface area contributed by atoms with Gasteiger partial charge >= 0.3 is 0 Å². The summed E-state index contributed by atoms with van der Waals surface area (Å²) in [4.78, 5) is 7.43. The van der Waals surface area contributed by atoms with Crippen molar-refractivity contribution in [1.82, 2.24) is 14.5 Å². The Bertz CT molecular complexity index is 596. The van der Waals surface area contributed by atoms with Crippen LogP contribution >= 0.6 is 0 Å². The largest absolute Gasteiger partial charge is 0.329 e. The van der Waals surface area contributed by atoms with Crippen molar-refractivity contribution in [3.63, 3.8) is 0 Å². The predicted octanol–water partition coefficient (Wildman–Crippen LogP) is 2.58. The van der Waals surface area contributed by atoms with E-state index in [9.17, 15) is 0 Å². The molecule has 2 heterocycles. The number of aromatic nitrogens is 2. The molecule has 0 bridgehead atoms. The summed E-state index contributed by atoms with van der Waals surface area (Å²) < 4.78 is 2.39. The standard InChI is InChI=1S/C17H26N4/c1-3-21-16-7-5-4-6-15(16)19-17(21)14-8-10-20(11-9-14)13(2)12-18/h4-7,13-14H,3,8-12,18H2,1-2H3. The van der Waals surface area contributed by atoms with Gasteiger partial charge in [-0.3, -0.25) is 4.90 Å². The molecule has 1 unspecified atom stereocenters. The molecular weight excluding hydrogens is 260 g/mol. The summed E-state index contributed by atoms with van der Waals surface area (Å²) in [6, 6.07) is 8.98. The number of hydrogen-bond donors (Lipinski definition) is 1. The van der Waals surface area contributed by atoms with E-state index in [4.69, 9.17) is 10.7 Å². The van der Waals surface area contributed by atoms with Crippen LogP contribution in [-0.4, -0.2) is 40.1 Å². The molecule has 4 nitrogen and oxygen atoms in total. The monoisotopic (exact) mass is 286 g/mol. The van der Waals surface area contributed by atoms with Crippen molar-refractivity contribution in [3.8, 4) is 0 Å². The molecule has 1 atom stereocenters. The van der Waals surface area contributed by atoms with Gasteiger partial charge in [0.05, 0.1) is 11.0 Å². The third-order valence-electron chi connectivity index (χ3n) is 4.86. The van der Waals surface area contributed by atoms with Crippen LogP contribution in [0.2, 0.25) is 0 Å². The van der Waals surface area contributed by atoms with Gasteiger partial charge in [0.25, 0.3) is 0 Å². The number of aryl methyl sites for hydroxylation is 1. The zero-order chi connectivity index (χ0) is 14.8. The Hall–Kier alpha value is -1.39. The number of nitrogens with zero attached hydrogens (tertiary/aromatic N) is 3. The molecule has 4 heteroatoms. The summed E-state index contributed by atoms with van der Waals surface area (Å²) in [7, 11) is 0. The third kappa shape index (κ3) is 2.70. The summed E-state index contributed by atoms with van der Waals surface area (Å²) in [5.41, 5.74) is 8.19. The summed E-state index contributed by atoms with van der Waals surface area (Å²) in [5.74, 6) is 1.86. The molecule has 1 fully saturated rings. The second-order valence-corrected chi connectivity index (χ2v) is 6.10. The first-order valence-electron chi connectivity index (χ1n) is 8.13. The highest BCUT2D eigenvalue weighted by molar-refractivity contribution is 5.76. The van der Waals surface area contributed by atoms with Crippen molar-refractivity contribution in [2.45, 2.75) is 45.2 Å². The molecule has 2 aromatic rings. The first-order valence-corrected chi connectivity index (χ1v) is 8.13. The quantitative estimate of drug-likeness (QED) is 0.939. The van der Waals surface area contributed by atoms with Gasteiger partial charge in [0.2, 0.25) is 0 Å². The van der Waals surface area contributed by atoms with E-state index < -0.39 is 0 Å². The number of rotatable bonds is 4. The average Bonchev–Trinajstić information content (AvgIpc) is 2.92. The highest BCUT2D eigenvalue weighted by Crippen LogP contribution is 2.30. The number of fused-ring (bicyclic) bond motifs is 1. The van der Waals surface area contributed by atoms with Crippen LogP contribution in [0.4, 0.5) is 0 Å². The van der Waals surface area contributed by atoms with E-state index >= 15 is 0 Å². The molecule has 0 spiro atoms. The summed E-state index contributed by atoms with van der Waals surface area (Å²) in [5, 5.41) is 0. The summed E-state index contributed by atoms with van der Waals surface area (Å²) in [6.07, 6.45) is 2.38. The van der Waals surface area contributed by atoms with E-state index in [-0.39, 0.29) is 0 Å². The fourth-order valence-electron chi connectivity index (χ4n) is 3.49. The van der Waals surface area contributed by atoms with E-state index in [0.717, 1.165) is 31.7 Å². The molecule has 0 saturated carbocycles. The number of imidazole rings is 1. The van der Waals surface area contributed by atoms with Crippen LogP contribution in [0.5, 0.6) is 0 Å². The van der Waals surface area contributed by atoms with Crippen LogP contribution in [0, 0.1) is 0 Å². The molecule has 1 aromatic heterocycles. The highest BCUT2D eigenvalue weighted by atomic mass is 15.2. The molecule has 21 heavy (non-hydrogen) atoms. The maximum Gasteiger partial charge on any atom is 0.113 e. The molecule has 0 amide bonds. The van der Waals surface area contributed by atoms with E-state index in [1.165, 1.54) is 24.2 Å². The van der Waals surface area contributed by atoms with Gasteiger partial charge in [-0.25, -0.2) is 4.98 Å². The van der Waals surface area contributed by atoms with Crippen molar-refractivity contribution >= 4 is 11.0 Å². The van der Waals surface area contributed by atoms with Crippen LogP contribution in [0.1, 0.15) is 38.4 Å². The lowest BCUT2D eigenvalue weighted by Gasteiger charge is -2.35. The zero-order valence-electron chi connectivity index (χ0n) is 13.1. The van der Waals surface area contributed by atoms with Crippen LogP contribution < -0.4 is 5.73 Å². The molecule has 1 aliphatic heterocycles. The second kappa shape index (κ2) is 6.16. The van der Waals surface area contributed by atoms with Crippen molar-refractivity contribution in [1.29, 1.82) is 0 Å². The van der Waals surface area contributed by atoms with E-state index in [2.05, 4.69) is 47.6 Å². The molecule has 1 saturated heterocycles. The molecule has 114 valence electrons. The van der Waals surface area contributed by atoms with Gasteiger partial charge in [-0.2, -0.15) is 0 Å². The Morgan fingerprint density at radius 3 is 2.67 bits per heavy atom. The molecular formula is C17H26N4. The Morgan fingerprint density at radius 1 is 1.29 bits per heavy atom. The molecule has 1 aromatic carbocycles. The number of piperidine rings is 1. The van der Waals surface area contributed by atoms with Crippen molar-refractivity contribution in [3.05, 3.63) is 30.1 Å². The first-order chi connectivity index (χ1) is 10.2. The lowest BCUT2D eigenvalue weighted by molar-refractivity contribution is 0.162. The third-order valence-corrected chi connectivity index (χ3v) is 4.86. The minimum absolute atomic E-state index is 0.496. The van der Waals surface area contributed by atoms with Crippen LogP contribution in [0.15, 0.2) is 24.3 Å². The number of nitrogens with two attached hydrogens (primary N) is 1. The maximum absolute atomic E-state index is 5.79. The van der Waals surface area contributed by atoms with Crippen LogP contribution in [-0.2, 0) is 6.54 Å². The summed E-state index contributed by atoms with van der Waals surface area (Å²) >= 11 is 0. The SMILES string of the molecule is CCn1c(C2CCN(C(C)CN)CC2)nc2ccccc21. The Morgan fingerprint density at radius 2 is 2.00 bits per heavy atom. The number of para-hydroxylation sites is 2. The molecule has 2 N–H and O–H groups in total. The van der Waals surface area contributed by atoms with Gasteiger partial charge in [0.15, 0.2) is 0 Å². The first kappa shape index (κ1) is 14.5. The van der Waals surface area contributed by atoms with Crippen molar-refractivity contribution < 1.29 is 0 Å². The number of benzene rings is 1. The van der Waals surface area contributed by atoms with Crippen molar-refractivity contribution in [2.75, 3.05) is 19.6 Å². The van der Waals surface area contributed by atoms with Gasteiger partial charge in [-0.05, 0) is 51.9 Å². The van der Waals surface area contributed by atoms with Gasteiger partial charge in [-0.15, -0.1) is 0 Å². The molecule has 0 radical (unpaired) electrons. The van der Waals surface area contributed by atoms with Crippen LogP contribution in [0.3, 0.4) is 0 Å². The van der Waals surface area contributed by atoms with E-state index in [1.807, 2.05) is 0 Å². The average molecular weight is 286 g/mol.